The molecule has 0 aliphatic carbocycles. The summed E-state index contributed by atoms with van der Waals surface area (Å²) in [5.74, 6) is -0.149. The van der Waals surface area contributed by atoms with Gasteiger partial charge in [0.25, 0.3) is 0 Å². The second-order valence-electron chi connectivity index (χ2n) is 3.53. The molecule has 1 aromatic rings. The number of alkyl halides is 1. The highest BCUT2D eigenvalue weighted by Crippen LogP contribution is 2.30. The van der Waals surface area contributed by atoms with Crippen LogP contribution in [0.2, 0.25) is 0 Å². The van der Waals surface area contributed by atoms with E-state index in [4.69, 9.17) is 16.4 Å². The maximum Gasteiger partial charge on any atom is 0.241 e. The van der Waals surface area contributed by atoms with E-state index in [1.807, 2.05) is 0 Å². The molecule has 1 unspecified atom stereocenters. The van der Waals surface area contributed by atoms with Crippen LogP contribution in [0.15, 0.2) is 29.2 Å². The number of hydrogen-bond donors (Lipinski definition) is 1. The fraction of sp³-hybridized carbons (Fsp3) is 0.300. The number of para-hydroxylation sites is 1. The van der Waals surface area contributed by atoms with E-state index < -0.39 is 9.73 Å². The molecular formula is C10H11ClN2O2S. The van der Waals surface area contributed by atoms with Crippen LogP contribution in [0.25, 0.3) is 0 Å². The maximum absolute atomic E-state index is 12.0. The Morgan fingerprint density at radius 2 is 2.19 bits per heavy atom. The minimum Gasteiger partial charge on any atom is -0.309 e. The van der Waals surface area contributed by atoms with Crippen LogP contribution in [-0.4, -0.2) is 28.3 Å². The third-order valence-electron chi connectivity index (χ3n) is 2.53. The van der Waals surface area contributed by atoms with Crippen LogP contribution in [0.3, 0.4) is 0 Å². The Morgan fingerprint density at radius 3 is 2.88 bits per heavy atom. The highest BCUT2D eigenvalue weighted by molar-refractivity contribution is 7.92. The quantitative estimate of drug-likeness (QED) is 0.779. The number of anilines is 1. The van der Waals surface area contributed by atoms with Gasteiger partial charge in [-0.2, -0.15) is 0 Å². The zero-order valence-corrected chi connectivity index (χ0v) is 10.1. The van der Waals surface area contributed by atoms with Gasteiger partial charge in [-0.05, 0) is 12.1 Å². The predicted molar refractivity (Wildman–Crippen MR) is 63.5 cm³/mol. The average Bonchev–Trinajstić information content (AvgIpc) is 2.28. The molecule has 1 aromatic carbocycles. The van der Waals surface area contributed by atoms with Gasteiger partial charge in [0.2, 0.25) is 5.91 Å². The second kappa shape index (κ2) is 4.07. The average molecular weight is 259 g/mol. The number of fused-ring (bicyclic) bond motifs is 1. The lowest BCUT2D eigenvalue weighted by Crippen LogP contribution is -2.40. The first-order valence-corrected chi connectivity index (χ1v) is 7.04. The number of amides is 1. The fourth-order valence-corrected chi connectivity index (χ4v) is 3.36. The summed E-state index contributed by atoms with van der Waals surface area (Å²) in [6, 6.07) is 6.82. The van der Waals surface area contributed by atoms with Crippen LogP contribution in [0.5, 0.6) is 0 Å². The first kappa shape index (κ1) is 11.4. The Kier molecular flexibility index (Phi) is 2.90. The van der Waals surface area contributed by atoms with Crippen molar-refractivity contribution in [3.8, 4) is 0 Å². The predicted octanol–water partition coefficient (Wildman–Crippen LogP) is 1.68. The number of nitrogens with zero attached hydrogens (tertiary/aromatic N) is 1. The lowest BCUT2D eigenvalue weighted by atomic mass is 10.3. The van der Waals surface area contributed by atoms with Crippen LogP contribution >= 0.6 is 11.6 Å². The summed E-state index contributed by atoms with van der Waals surface area (Å²) in [6.45, 7) is 0.297. The molecule has 0 spiro atoms. The lowest BCUT2D eigenvalue weighted by Gasteiger charge is -2.29. The largest absolute Gasteiger partial charge is 0.309 e. The van der Waals surface area contributed by atoms with Crippen LogP contribution in [0.4, 0.5) is 5.69 Å². The minimum absolute atomic E-state index is 0.104. The molecular weight excluding hydrogens is 248 g/mol. The summed E-state index contributed by atoms with van der Waals surface area (Å²) < 4.78 is 19.7. The van der Waals surface area contributed by atoms with E-state index >= 15 is 0 Å². The van der Waals surface area contributed by atoms with E-state index in [1.165, 1.54) is 4.90 Å². The smallest absolute Gasteiger partial charge is 0.241 e. The number of halogens is 1. The number of carbonyl (C=O) groups is 1. The molecule has 16 heavy (non-hydrogen) atoms. The molecule has 2 rings (SSSR count). The third kappa shape index (κ3) is 1.81. The van der Waals surface area contributed by atoms with Crippen LogP contribution in [-0.2, 0) is 14.5 Å². The standard InChI is InChI=1S/C10H11ClN2O2S/c11-7-10(14)13-5-6-16(12,15)9-4-2-1-3-8(9)13/h1-4,12H,5-7H2. The summed E-state index contributed by atoms with van der Waals surface area (Å²) >= 11 is 5.51. The summed E-state index contributed by atoms with van der Waals surface area (Å²) in [6.07, 6.45) is 0. The molecule has 1 aliphatic rings. The van der Waals surface area contributed by atoms with Crippen molar-refractivity contribution in [2.45, 2.75) is 4.90 Å². The van der Waals surface area contributed by atoms with Crippen molar-refractivity contribution in [3.05, 3.63) is 24.3 Å². The van der Waals surface area contributed by atoms with Gasteiger partial charge in [-0.15, -0.1) is 11.6 Å². The maximum atomic E-state index is 12.0. The van der Waals surface area contributed by atoms with Gasteiger partial charge >= 0.3 is 0 Å². The first-order chi connectivity index (χ1) is 7.56. The zero-order chi connectivity index (χ0) is 11.8. The van der Waals surface area contributed by atoms with Crippen LogP contribution in [0, 0.1) is 4.78 Å². The fourth-order valence-electron chi connectivity index (χ4n) is 1.74. The van der Waals surface area contributed by atoms with E-state index in [0.717, 1.165) is 0 Å². The highest BCUT2D eigenvalue weighted by atomic mass is 35.5. The summed E-state index contributed by atoms with van der Waals surface area (Å²) in [4.78, 5) is 13.5. The molecule has 1 atom stereocenters. The normalized spacial score (nSPS) is 23.9. The molecule has 0 saturated heterocycles. The topological polar surface area (TPSA) is 61.2 Å². The van der Waals surface area contributed by atoms with E-state index in [0.29, 0.717) is 17.1 Å². The van der Waals surface area contributed by atoms with E-state index in [2.05, 4.69) is 0 Å². The van der Waals surface area contributed by atoms with Gasteiger partial charge in [0.05, 0.1) is 26.1 Å². The number of nitrogens with one attached hydrogen (secondary N) is 1. The van der Waals surface area contributed by atoms with Gasteiger partial charge in [-0.3, -0.25) is 4.79 Å². The van der Waals surface area contributed by atoms with Crippen molar-refractivity contribution in [1.82, 2.24) is 0 Å². The van der Waals surface area contributed by atoms with Gasteiger partial charge in [0.1, 0.15) is 5.88 Å². The summed E-state index contributed by atoms with van der Waals surface area (Å²) in [5.41, 5.74) is 0.555. The van der Waals surface area contributed by atoms with Crippen molar-refractivity contribution >= 4 is 32.9 Å². The molecule has 0 bridgehead atoms. The lowest BCUT2D eigenvalue weighted by molar-refractivity contribution is -0.116. The molecule has 0 saturated carbocycles. The van der Waals surface area contributed by atoms with E-state index in [1.54, 1.807) is 24.3 Å². The van der Waals surface area contributed by atoms with Crippen molar-refractivity contribution in [2.75, 3.05) is 23.1 Å². The Morgan fingerprint density at radius 1 is 1.50 bits per heavy atom. The molecule has 0 fully saturated rings. The van der Waals surface area contributed by atoms with Crippen molar-refractivity contribution in [2.24, 2.45) is 0 Å². The molecule has 0 radical (unpaired) electrons. The Bertz CT molecular complexity index is 527. The minimum atomic E-state index is -2.75. The molecule has 1 amide bonds. The molecule has 1 aliphatic heterocycles. The van der Waals surface area contributed by atoms with Crippen molar-refractivity contribution in [3.63, 3.8) is 0 Å². The molecule has 86 valence electrons. The van der Waals surface area contributed by atoms with Gasteiger partial charge in [-0.25, -0.2) is 8.99 Å². The number of carbonyl (C=O) groups excluding carboxylic acids is 1. The number of hydrogen-bond acceptors (Lipinski definition) is 3. The number of benzene rings is 1. The zero-order valence-electron chi connectivity index (χ0n) is 8.48. The van der Waals surface area contributed by atoms with Crippen molar-refractivity contribution in [1.29, 1.82) is 4.78 Å². The van der Waals surface area contributed by atoms with Gasteiger partial charge in [0, 0.05) is 6.54 Å². The molecule has 0 aromatic heterocycles. The molecule has 1 heterocycles. The van der Waals surface area contributed by atoms with Gasteiger partial charge < -0.3 is 4.90 Å². The summed E-state index contributed by atoms with van der Waals surface area (Å²) in [7, 11) is -2.75. The van der Waals surface area contributed by atoms with Gasteiger partial charge in [0.15, 0.2) is 0 Å². The Labute approximate surface area is 99.2 Å². The van der Waals surface area contributed by atoms with Crippen molar-refractivity contribution < 1.29 is 9.00 Å². The third-order valence-corrected chi connectivity index (χ3v) is 4.57. The molecule has 6 heteroatoms. The van der Waals surface area contributed by atoms with E-state index in [9.17, 15) is 9.00 Å². The highest BCUT2D eigenvalue weighted by Gasteiger charge is 2.28. The van der Waals surface area contributed by atoms with Crippen LogP contribution < -0.4 is 4.90 Å². The second-order valence-corrected chi connectivity index (χ2v) is 5.99. The first-order valence-electron chi connectivity index (χ1n) is 4.78. The summed E-state index contributed by atoms with van der Waals surface area (Å²) in [5, 5.41) is 0. The monoisotopic (exact) mass is 258 g/mol. The SMILES string of the molecule is N=S1(=O)CCN(C(=O)CCl)c2ccccc21. The Balaban J connectivity index is 2.56. The van der Waals surface area contributed by atoms with E-state index in [-0.39, 0.29) is 17.5 Å². The van der Waals surface area contributed by atoms with Crippen LogP contribution in [0.1, 0.15) is 0 Å². The molecule has 1 N–H and O–H groups in total. The number of rotatable bonds is 1. The van der Waals surface area contributed by atoms with Gasteiger partial charge in [-0.1, -0.05) is 12.1 Å². The Hall–Kier alpha value is -1.07. The molecule has 4 nitrogen and oxygen atoms in total.